The summed E-state index contributed by atoms with van der Waals surface area (Å²) in [4.78, 5) is 19.6. The van der Waals surface area contributed by atoms with Crippen LogP contribution in [0.1, 0.15) is 11.3 Å². The van der Waals surface area contributed by atoms with Crippen LogP contribution in [-0.4, -0.2) is 21.6 Å². The van der Waals surface area contributed by atoms with Crippen molar-refractivity contribution in [3.05, 3.63) is 81.9 Å². The normalized spacial score (nSPS) is 11.0. The summed E-state index contributed by atoms with van der Waals surface area (Å²) >= 11 is 0. The molecule has 148 valence electrons. The quantitative estimate of drug-likeness (QED) is 0.533. The van der Waals surface area contributed by atoms with Gasteiger partial charge in [0.25, 0.3) is 0 Å². The van der Waals surface area contributed by atoms with Gasteiger partial charge in [0.1, 0.15) is 0 Å². The van der Waals surface area contributed by atoms with Gasteiger partial charge in [-0.25, -0.2) is 8.78 Å². The minimum Gasteiger partial charge on any atom is -0.490 e. The lowest BCUT2D eigenvalue weighted by Gasteiger charge is -2.16. The number of hydrogen-bond acceptors (Lipinski definition) is 4. The number of ether oxygens (including phenoxy) is 1. The van der Waals surface area contributed by atoms with Crippen molar-refractivity contribution in [3.63, 3.8) is 0 Å². The highest BCUT2D eigenvalue weighted by Crippen LogP contribution is 2.27. The molecule has 0 aliphatic heterocycles. The number of aryl methyl sites for hydroxylation is 1. The molecule has 0 spiro atoms. The Morgan fingerprint density at radius 2 is 2.00 bits per heavy atom. The summed E-state index contributed by atoms with van der Waals surface area (Å²) in [5.74, 6) is -1.55. The van der Waals surface area contributed by atoms with Crippen molar-refractivity contribution in [1.82, 2.24) is 14.5 Å². The Morgan fingerprint density at radius 3 is 2.76 bits per heavy atom. The largest absolute Gasteiger partial charge is 0.490 e. The van der Waals surface area contributed by atoms with Gasteiger partial charge in [-0.05, 0) is 42.8 Å². The molecule has 0 aliphatic rings. The molecule has 2 heterocycles. The number of fused-ring (bicyclic) bond motifs is 1. The summed E-state index contributed by atoms with van der Waals surface area (Å²) in [6.07, 6.45) is 1.49. The first-order chi connectivity index (χ1) is 13.9. The van der Waals surface area contributed by atoms with Gasteiger partial charge in [0.15, 0.2) is 11.6 Å². The van der Waals surface area contributed by atoms with Crippen LogP contribution in [0.5, 0.6) is 5.75 Å². The molecule has 0 atom stereocenters. The van der Waals surface area contributed by atoms with Crippen LogP contribution in [0, 0.1) is 18.6 Å². The minimum absolute atomic E-state index is 0.0498. The number of anilines is 2. The topological polar surface area (TPSA) is 71.9 Å². The number of nitrogens with one attached hydrogen (secondary N) is 2. The van der Waals surface area contributed by atoms with E-state index in [-0.39, 0.29) is 18.2 Å². The molecule has 2 aromatic carbocycles. The molecule has 4 aromatic rings. The zero-order chi connectivity index (χ0) is 20.5. The predicted octanol–water partition coefficient (Wildman–Crippen LogP) is 4.11. The first-order valence-corrected chi connectivity index (χ1v) is 8.89. The highest BCUT2D eigenvalue weighted by atomic mass is 19.2. The Kier molecular flexibility index (Phi) is 4.75. The molecule has 0 amide bonds. The number of benzene rings is 2. The van der Waals surface area contributed by atoms with Crippen LogP contribution in [0.3, 0.4) is 0 Å². The average Bonchev–Trinajstić information content (AvgIpc) is 3.08. The number of aromatic nitrogens is 3. The highest BCUT2D eigenvalue weighted by Gasteiger charge is 2.13. The van der Waals surface area contributed by atoms with E-state index < -0.39 is 17.2 Å². The molecule has 29 heavy (non-hydrogen) atoms. The molecule has 0 saturated heterocycles. The van der Waals surface area contributed by atoms with Gasteiger partial charge in [-0.2, -0.15) is 4.98 Å². The van der Waals surface area contributed by atoms with E-state index in [9.17, 15) is 13.6 Å². The molecule has 0 unspecified atom stereocenters. The Labute approximate surface area is 164 Å². The number of H-pyrrole nitrogens is 1. The van der Waals surface area contributed by atoms with Crippen LogP contribution in [0.2, 0.25) is 0 Å². The summed E-state index contributed by atoms with van der Waals surface area (Å²) in [6, 6.07) is 11.3. The van der Waals surface area contributed by atoms with Crippen molar-refractivity contribution in [2.75, 3.05) is 12.4 Å². The van der Waals surface area contributed by atoms with Gasteiger partial charge in [0.05, 0.1) is 25.5 Å². The van der Waals surface area contributed by atoms with E-state index in [0.717, 1.165) is 34.4 Å². The monoisotopic (exact) mass is 396 g/mol. The summed E-state index contributed by atoms with van der Waals surface area (Å²) in [5, 5.41) is 4.12. The van der Waals surface area contributed by atoms with Crippen molar-refractivity contribution in [2.24, 2.45) is 0 Å². The lowest BCUT2D eigenvalue weighted by atomic mass is 10.2. The molecule has 2 aromatic heterocycles. The fraction of sp³-hybridized carbons (Fsp3) is 0.143. The second-order valence-electron chi connectivity index (χ2n) is 6.66. The molecule has 2 N–H and O–H groups in total. The molecule has 0 fully saturated rings. The number of halogens is 2. The average molecular weight is 396 g/mol. The van der Waals surface area contributed by atoms with E-state index in [0.29, 0.717) is 5.56 Å². The molecule has 0 saturated carbocycles. The minimum atomic E-state index is -0.939. The van der Waals surface area contributed by atoms with Crippen LogP contribution >= 0.6 is 0 Å². The molecular formula is C21H18F2N4O2. The predicted molar refractivity (Wildman–Crippen MR) is 107 cm³/mol. The van der Waals surface area contributed by atoms with Gasteiger partial charge < -0.3 is 19.6 Å². The van der Waals surface area contributed by atoms with Gasteiger partial charge in [-0.1, -0.05) is 12.1 Å². The highest BCUT2D eigenvalue weighted by molar-refractivity contribution is 5.93. The number of nitrogens with zero attached hydrogens (tertiary/aromatic N) is 2. The first-order valence-electron chi connectivity index (χ1n) is 8.89. The molecule has 0 aliphatic carbocycles. The van der Waals surface area contributed by atoms with Crippen LogP contribution in [0.4, 0.5) is 20.4 Å². The van der Waals surface area contributed by atoms with E-state index in [1.165, 1.54) is 19.4 Å². The van der Waals surface area contributed by atoms with Gasteiger partial charge in [0.2, 0.25) is 11.7 Å². The first kappa shape index (κ1) is 18.7. The summed E-state index contributed by atoms with van der Waals surface area (Å²) in [7, 11) is 1.37. The molecule has 0 radical (unpaired) electrons. The second-order valence-corrected chi connectivity index (χ2v) is 6.66. The zero-order valence-corrected chi connectivity index (χ0v) is 15.8. The zero-order valence-electron chi connectivity index (χ0n) is 15.8. The molecule has 6 nitrogen and oxygen atoms in total. The van der Waals surface area contributed by atoms with E-state index in [1.54, 1.807) is 4.57 Å². The van der Waals surface area contributed by atoms with E-state index in [1.807, 2.05) is 31.2 Å². The van der Waals surface area contributed by atoms with Gasteiger partial charge >= 0.3 is 5.56 Å². The van der Waals surface area contributed by atoms with Crippen LogP contribution in [-0.2, 0) is 6.54 Å². The second kappa shape index (κ2) is 7.38. The van der Waals surface area contributed by atoms with Crippen molar-refractivity contribution in [2.45, 2.75) is 13.5 Å². The molecular weight excluding hydrogens is 378 g/mol. The maximum absolute atomic E-state index is 13.6. The third kappa shape index (κ3) is 3.69. The lowest BCUT2D eigenvalue weighted by molar-refractivity contribution is 0.402. The van der Waals surface area contributed by atoms with Crippen molar-refractivity contribution >= 4 is 22.5 Å². The third-order valence-corrected chi connectivity index (χ3v) is 4.57. The Morgan fingerprint density at radius 1 is 1.17 bits per heavy atom. The summed E-state index contributed by atoms with van der Waals surface area (Å²) in [6.45, 7) is 2.11. The SMILES string of the molecule is COc1cn(Cc2ccc(F)c(F)c2)c(Nc2cccc3[nH]c(C)cc23)nc1=O. The van der Waals surface area contributed by atoms with Crippen molar-refractivity contribution in [3.8, 4) is 5.75 Å². The lowest BCUT2D eigenvalue weighted by Crippen LogP contribution is -2.18. The van der Waals surface area contributed by atoms with Crippen molar-refractivity contribution in [1.29, 1.82) is 0 Å². The fourth-order valence-electron chi connectivity index (χ4n) is 3.19. The Bertz CT molecular complexity index is 1260. The third-order valence-electron chi connectivity index (χ3n) is 4.57. The smallest absolute Gasteiger partial charge is 0.316 e. The van der Waals surface area contributed by atoms with Gasteiger partial charge in [0, 0.05) is 16.6 Å². The number of hydrogen-bond donors (Lipinski definition) is 2. The molecule has 4 rings (SSSR count). The molecule has 0 bridgehead atoms. The van der Waals surface area contributed by atoms with Crippen LogP contribution in [0.25, 0.3) is 10.9 Å². The van der Waals surface area contributed by atoms with Crippen LogP contribution < -0.4 is 15.6 Å². The van der Waals surface area contributed by atoms with Crippen LogP contribution in [0.15, 0.2) is 53.5 Å². The Balaban J connectivity index is 1.78. The summed E-state index contributed by atoms with van der Waals surface area (Å²) in [5.41, 5.74) is 2.67. The maximum Gasteiger partial charge on any atom is 0.316 e. The number of methoxy groups -OCH3 is 1. The Hall–Kier alpha value is -3.68. The van der Waals surface area contributed by atoms with E-state index >= 15 is 0 Å². The maximum atomic E-state index is 13.6. The fourth-order valence-corrected chi connectivity index (χ4v) is 3.19. The van der Waals surface area contributed by atoms with E-state index in [2.05, 4.69) is 15.3 Å². The van der Waals surface area contributed by atoms with Crippen molar-refractivity contribution < 1.29 is 13.5 Å². The molecule has 8 heteroatoms. The van der Waals surface area contributed by atoms with Gasteiger partial charge in [-0.15, -0.1) is 0 Å². The number of rotatable bonds is 5. The number of aromatic amines is 1. The summed E-state index contributed by atoms with van der Waals surface area (Å²) < 4.78 is 33.6. The standard InChI is InChI=1S/C21H18F2N4O2/c1-12-8-14-17(24-12)4-3-5-18(14)25-21-26-20(28)19(29-2)11-27(21)10-13-6-7-15(22)16(23)9-13/h3-9,11,24H,10H2,1-2H3,(H,25,26,28). The van der Waals surface area contributed by atoms with E-state index in [4.69, 9.17) is 4.74 Å². The van der Waals surface area contributed by atoms with Gasteiger partial charge in [-0.3, -0.25) is 4.79 Å².